The summed E-state index contributed by atoms with van der Waals surface area (Å²) in [4.78, 5) is -0.0423. The van der Waals surface area contributed by atoms with E-state index in [1.165, 1.54) is 11.8 Å². The number of hydrogen-bond acceptors (Lipinski definition) is 2. The van der Waals surface area contributed by atoms with Crippen LogP contribution in [0.4, 0.5) is 5.69 Å². The van der Waals surface area contributed by atoms with Crippen LogP contribution in [0.1, 0.15) is 38.8 Å². The molecule has 2 aromatic rings. The first-order chi connectivity index (χ1) is 10.6. The van der Waals surface area contributed by atoms with E-state index in [0.717, 1.165) is 34.1 Å². The largest absolute Gasteiger partial charge is 0.294 e. The minimum Gasteiger partial charge on any atom is -0.282 e. The maximum Gasteiger partial charge on any atom is 0.294 e. The molecule has 5 heteroatoms. The van der Waals surface area contributed by atoms with Crippen molar-refractivity contribution in [3.8, 4) is 0 Å². The van der Waals surface area contributed by atoms with E-state index in [1.807, 2.05) is 13.0 Å². The predicted molar refractivity (Wildman–Crippen MR) is 92.7 cm³/mol. The number of benzene rings is 2. The predicted octanol–water partition coefficient (Wildman–Crippen LogP) is 3.81. The summed E-state index contributed by atoms with van der Waals surface area (Å²) in [5, 5.41) is 1.92. The van der Waals surface area contributed by atoms with Gasteiger partial charge in [0.15, 0.2) is 5.71 Å². The van der Waals surface area contributed by atoms with E-state index in [2.05, 4.69) is 38.3 Å². The van der Waals surface area contributed by atoms with Gasteiger partial charge in [-0.05, 0) is 62.2 Å². The van der Waals surface area contributed by atoms with Gasteiger partial charge in [-0.15, -0.1) is 0 Å². The SMILES string of the molecule is CC[N+]1=C(C)C(C)(C)c2c1ccc1c(C)cc(S(=O)(=O)O)cc21. The summed E-state index contributed by atoms with van der Waals surface area (Å²) in [6.07, 6.45) is 0. The second-order valence-corrected chi connectivity index (χ2v) is 8.15. The van der Waals surface area contributed by atoms with Crippen LogP contribution in [0.2, 0.25) is 0 Å². The van der Waals surface area contributed by atoms with Gasteiger partial charge in [0, 0.05) is 18.6 Å². The smallest absolute Gasteiger partial charge is 0.282 e. The summed E-state index contributed by atoms with van der Waals surface area (Å²) in [5.74, 6) is 0. The molecule has 0 bridgehead atoms. The maximum atomic E-state index is 11.6. The number of fused-ring (bicyclic) bond motifs is 3. The van der Waals surface area contributed by atoms with Crippen molar-refractivity contribution in [3.63, 3.8) is 0 Å². The van der Waals surface area contributed by atoms with Gasteiger partial charge < -0.3 is 0 Å². The molecule has 0 radical (unpaired) electrons. The summed E-state index contributed by atoms with van der Waals surface area (Å²) >= 11 is 0. The molecule has 0 amide bonds. The Kier molecular flexibility index (Phi) is 3.43. The third-order valence-corrected chi connectivity index (χ3v) is 5.96. The van der Waals surface area contributed by atoms with Gasteiger partial charge in [-0.2, -0.15) is 13.0 Å². The van der Waals surface area contributed by atoms with Crippen molar-refractivity contribution >= 4 is 32.3 Å². The fourth-order valence-corrected chi connectivity index (χ4v) is 4.31. The Morgan fingerprint density at radius 2 is 1.78 bits per heavy atom. The van der Waals surface area contributed by atoms with Crippen LogP contribution in [0.5, 0.6) is 0 Å². The van der Waals surface area contributed by atoms with Crippen molar-refractivity contribution in [1.29, 1.82) is 0 Å². The first-order valence-corrected chi connectivity index (χ1v) is 9.20. The maximum absolute atomic E-state index is 11.6. The summed E-state index contributed by atoms with van der Waals surface area (Å²) in [6.45, 7) is 11.3. The van der Waals surface area contributed by atoms with Crippen molar-refractivity contribution in [3.05, 3.63) is 35.4 Å². The van der Waals surface area contributed by atoms with Crippen LogP contribution in [0, 0.1) is 6.92 Å². The molecule has 0 saturated heterocycles. The first kappa shape index (κ1) is 16.1. The summed E-state index contributed by atoms with van der Waals surface area (Å²) in [6, 6.07) is 7.28. The number of nitrogens with zero attached hydrogens (tertiary/aromatic N) is 1. The highest BCUT2D eigenvalue weighted by atomic mass is 32.2. The fourth-order valence-electron chi connectivity index (χ4n) is 3.71. The lowest BCUT2D eigenvalue weighted by atomic mass is 9.79. The van der Waals surface area contributed by atoms with Crippen LogP contribution >= 0.6 is 0 Å². The van der Waals surface area contributed by atoms with Crippen LogP contribution in [-0.2, 0) is 15.5 Å². The third kappa shape index (κ3) is 2.22. The molecule has 122 valence electrons. The van der Waals surface area contributed by atoms with Crippen molar-refractivity contribution in [2.24, 2.45) is 0 Å². The molecule has 0 spiro atoms. The lowest BCUT2D eigenvalue weighted by Crippen LogP contribution is -2.26. The minimum atomic E-state index is -4.22. The van der Waals surface area contributed by atoms with Crippen molar-refractivity contribution in [1.82, 2.24) is 0 Å². The van der Waals surface area contributed by atoms with E-state index in [-0.39, 0.29) is 10.3 Å². The molecule has 1 aliphatic rings. The van der Waals surface area contributed by atoms with E-state index in [1.54, 1.807) is 6.07 Å². The first-order valence-electron chi connectivity index (χ1n) is 7.76. The Bertz CT molecular complexity index is 969. The van der Waals surface area contributed by atoms with E-state index in [4.69, 9.17) is 0 Å². The molecule has 23 heavy (non-hydrogen) atoms. The second kappa shape index (κ2) is 4.89. The van der Waals surface area contributed by atoms with E-state index >= 15 is 0 Å². The standard InChI is InChI=1S/C18H21NO3S/c1-6-19-12(3)18(4,5)17-15-10-13(23(20,21)22)9-11(2)14(15)7-8-16(17)19/h7-10H,6H2,1-5H3/p+1. The Labute approximate surface area is 137 Å². The van der Waals surface area contributed by atoms with E-state index in [0.29, 0.717) is 0 Å². The molecular formula is C18H22NO3S+. The monoisotopic (exact) mass is 332 g/mol. The van der Waals surface area contributed by atoms with Crippen molar-refractivity contribution in [2.75, 3.05) is 6.54 Å². The molecule has 0 saturated carbocycles. The van der Waals surface area contributed by atoms with Gasteiger partial charge in [-0.3, -0.25) is 4.55 Å². The Hall–Kier alpha value is -1.72. The molecule has 1 N–H and O–H groups in total. The van der Waals surface area contributed by atoms with E-state index < -0.39 is 10.1 Å². The number of rotatable bonds is 2. The quantitative estimate of drug-likeness (QED) is 0.672. The fraction of sp³-hybridized carbons (Fsp3) is 0.389. The average molecular weight is 332 g/mol. The molecule has 1 heterocycles. The highest BCUT2D eigenvalue weighted by Crippen LogP contribution is 2.44. The van der Waals surface area contributed by atoms with Gasteiger partial charge in [0.2, 0.25) is 5.69 Å². The highest BCUT2D eigenvalue weighted by molar-refractivity contribution is 7.85. The molecule has 0 fully saturated rings. The zero-order chi connectivity index (χ0) is 17.2. The van der Waals surface area contributed by atoms with Gasteiger partial charge in [-0.25, -0.2) is 0 Å². The lowest BCUT2D eigenvalue weighted by Gasteiger charge is -2.18. The zero-order valence-corrected chi connectivity index (χ0v) is 15.0. The molecule has 0 unspecified atom stereocenters. The van der Waals surface area contributed by atoms with Crippen LogP contribution in [0.25, 0.3) is 10.8 Å². The van der Waals surface area contributed by atoms with Crippen molar-refractivity contribution in [2.45, 2.75) is 44.9 Å². The van der Waals surface area contributed by atoms with Gasteiger partial charge in [0.1, 0.15) is 6.54 Å². The van der Waals surface area contributed by atoms with Crippen molar-refractivity contribution < 1.29 is 17.5 Å². The van der Waals surface area contributed by atoms with Crippen LogP contribution < -0.4 is 0 Å². The third-order valence-electron chi connectivity index (χ3n) is 5.13. The molecule has 4 nitrogen and oxygen atoms in total. The van der Waals surface area contributed by atoms with Crippen LogP contribution in [-0.4, -0.2) is 29.8 Å². The average Bonchev–Trinajstić information content (AvgIpc) is 2.65. The minimum absolute atomic E-state index is 0.0423. The van der Waals surface area contributed by atoms with E-state index in [9.17, 15) is 13.0 Å². The molecule has 3 rings (SSSR count). The van der Waals surface area contributed by atoms with Gasteiger partial charge in [-0.1, -0.05) is 0 Å². The molecular weight excluding hydrogens is 310 g/mol. The molecule has 0 aliphatic carbocycles. The topological polar surface area (TPSA) is 57.4 Å². The van der Waals surface area contributed by atoms with Gasteiger partial charge in [0.25, 0.3) is 10.1 Å². The Balaban J connectivity index is 2.48. The molecule has 1 aliphatic heterocycles. The lowest BCUT2D eigenvalue weighted by molar-refractivity contribution is -0.434. The number of hydrogen-bond donors (Lipinski definition) is 1. The summed E-state index contributed by atoms with van der Waals surface area (Å²) in [5.41, 5.74) is 4.16. The highest BCUT2D eigenvalue weighted by Gasteiger charge is 2.43. The number of aryl methyl sites for hydroxylation is 1. The second-order valence-electron chi connectivity index (χ2n) is 6.72. The Morgan fingerprint density at radius 1 is 1.13 bits per heavy atom. The molecule has 2 aromatic carbocycles. The molecule has 0 atom stereocenters. The van der Waals surface area contributed by atoms with Crippen LogP contribution in [0.3, 0.4) is 0 Å². The Morgan fingerprint density at radius 3 is 2.35 bits per heavy atom. The summed E-state index contributed by atoms with van der Waals surface area (Å²) < 4.78 is 35.0. The van der Waals surface area contributed by atoms with Crippen LogP contribution in [0.15, 0.2) is 29.2 Å². The zero-order valence-electron chi connectivity index (χ0n) is 14.1. The normalized spacial score (nSPS) is 17.0. The molecule has 0 aromatic heterocycles. The summed E-state index contributed by atoms with van der Waals surface area (Å²) in [7, 11) is -4.22. The van der Waals surface area contributed by atoms with Gasteiger partial charge >= 0.3 is 0 Å². The van der Waals surface area contributed by atoms with Gasteiger partial charge in [0.05, 0.1) is 10.3 Å².